The number of rotatable bonds is 10. The van der Waals surface area contributed by atoms with Crippen LogP contribution in [0.2, 0.25) is 0 Å². The van der Waals surface area contributed by atoms with E-state index in [1.54, 1.807) is 14.2 Å². The van der Waals surface area contributed by atoms with Crippen LogP contribution >= 0.6 is 0 Å². The summed E-state index contributed by atoms with van der Waals surface area (Å²) in [7, 11) is 3.21. The molecule has 0 aromatic heterocycles. The summed E-state index contributed by atoms with van der Waals surface area (Å²) in [4.78, 5) is 26.7. The average molecular weight is 523 g/mol. The van der Waals surface area contributed by atoms with Crippen LogP contribution in [0.15, 0.2) is 97.1 Å². The van der Waals surface area contributed by atoms with Gasteiger partial charge in [-0.3, -0.25) is 9.59 Å². The molecule has 0 radical (unpaired) electrons. The zero-order valence-corrected chi connectivity index (χ0v) is 22.0. The molecule has 0 atom stereocenters. The Labute approximate surface area is 228 Å². The fourth-order valence-electron chi connectivity index (χ4n) is 5.23. The van der Waals surface area contributed by atoms with Crippen LogP contribution in [0, 0.1) is 0 Å². The summed E-state index contributed by atoms with van der Waals surface area (Å²) < 4.78 is 21.8. The van der Waals surface area contributed by atoms with E-state index in [2.05, 4.69) is 0 Å². The number of hydrogen-bond acceptors (Lipinski definition) is 6. The Hall–Kier alpha value is -4.58. The summed E-state index contributed by atoms with van der Waals surface area (Å²) in [5.74, 6) is 0.688. The lowest BCUT2D eigenvalue weighted by molar-refractivity contribution is -0.149. The third-order valence-corrected chi connectivity index (χ3v) is 7.19. The van der Waals surface area contributed by atoms with Crippen LogP contribution in [0.5, 0.6) is 11.5 Å². The number of methoxy groups -OCH3 is 2. The van der Waals surface area contributed by atoms with Gasteiger partial charge in [0.1, 0.15) is 24.7 Å². The molecule has 1 aliphatic rings. The van der Waals surface area contributed by atoms with Crippen molar-refractivity contribution in [2.45, 2.75) is 31.5 Å². The number of carbonyl (C=O) groups is 2. The predicted octanol–water partition coefficient (Wildman–Crippen LogP) is 6.24. The van der Waals surface area contributed by atoms with Gasteiger partial charge < -0.3 is 18.9 Å². The third-order valence-electron chi connectivity index (χ3n) is 7.19. The predicted molar refractivity (Wildman–Crippen MR) is 147 cm³/mol. The van der Waals surface area contributed by atoms with Crippen LogP contribution in [-0.2, 0) is 37.7 Å². The van der Waals surface area contributed by atoms with Crippen molar-refractivity contribution in [2.75, 3.05) is 14.2 Å². The average Bonchev–Trinajstić information content (AvgIpc) is 3.25. The number of fused-ring (bicyclic) bond motifs is 3. The first-order chi connectivity index (χ1) is 19.0. The zero-order valence-electron chi connectivity index (χ0n) is 22.0. The highest BCUT2D eigenvalue weighted by atomic mass is 16.5. The number of hydrogen-bond donors (Lipinski definition) is 0. The summed E-state index contributed by atoms with van der Waals surface area (Å²) in [6.07, 6.45) is 0.0175. The summed E-state index contributed by atoms with van der Waals surface area (Å²) in [6.45, 7) is 0.258. The van der Waals surface area contributed by atoms with Gasteiger partial charge in [0.2, 0.25) is 0 Å². The largest absolute Gasteiger partial charge is 0.497 e. The summed E-state index contributed by atoms with van der Waals surface area (Å²) in [6, 6.07) is 30.6. The van der Waals surface area contributed by atoms with Crippen molar-refractivity contribution < 1.29 is 28.5 Å². The summed E-state index contributed by atoms with van der Waals surface area (Å²) >= 11 is 0. The molecule has 5 rings (SSSR count). The minimum Gasteiger partial charge on any atom is -0.497 e. The molecule has 0 saturated carbocycles. The van der Waals surface area contributed by atoms with Gasteiger partial charge in [0.05, 0.1) is 27.1 Å². The molecule has 39 heavy (non-hydrogen) atoms. The molecule has 0 amide bonds. The van der Waals surface area contributed by atoms with Gasteiger partial charge in [0.15, 0.2) is 0 Å². The normalized spacial score (nSPS) is 12.7. The van der Waals surface area contributed by atoms with Gasteiger partial charge in [-0.1, -0.05) is 72.8 Å². The molecule has 4 aromatic rings. The van der Waals surface area contributed by atoms with E-state index in [0.29, 0.717) is 0 Å². The summed E-state index contributed by atoms with van der Waals surface area (Å²) in [5, 5.41) is 0. The molecule has 0 unspecified atom stereocenters. The van der Waals surface area contributed by atoms with Crippen LogP contribution in [0.25, 0.3) is 11.1 Å². The quantitative estimate of drug-likeness (QED) is 0.230. The number of carbonyl (C=O) groups excluding carboxylic acids is 2. The highest BCUT2D eigenvalue weighted by Gasteiger charge is 2.46. The van der Waals surface area contributed by atoms with Crippen LogP contribution in [0.1, 0.15) is 35.1 Å². The second-order valence-electron chi connectivity index (χ2n) is 9.54. The molecule has 0 N–H and O–H groups in total. The second-order valence-corrected chi connectivity index (χ2v) is 9.54. The number of esters is 2. The first-order valence-electron chi connectivity index (χ1n) is 12.8. The molecule has 0 bridgehead atoms. The molecule has 0 spiro atoms. The van der Waals surface area contributed by atoms with Crippen LogP contribution in [-0.4, -0.2) is 26.2 Å². The van der Waals surface area contributed by atoms with E-state index >= 15 is 0 Å². The zero-order chi connectivity index (χ0) is 27.2. The van der Waals surface area contributed by atoms with Crippen LogP contribution in [0.3, 0.4) is 0 Å². The van der Waals surface area contributed by atoms with E-state index in [-0.39, 0.29) is 38.0 Å². The minimum atomic E-state index is -0.902. The van der Waals surface area contributed by atoms with Crippen molar-refractivity contribution in [1.29, 1.82) is 0 Å². The lowest BCUT2D eigenvalue weighted by Crippen LogP contribution is -2.33. The Bertz CT molecular complexity index is 1340. The van der Waals surface area contributed by atoms with Crippen LogP contribution in [0.4, 0.5) is 0 Å². The van der Waals surface area contributed by atoms with Crippen molar-refractivity contribution in [2.24, 2.45) is 0 Å². The molecule has 0 aliphatic heterocycles. The molecular weight excluding hydrogens is 492 g/mol. The Morgan fingerprint density at radius 3 is 1.33 bits per heavy atom. The van der Waals surface area contributed by atoms with Gasteiger partial charge >= 0.3 is 11.9 Å². The van der Waals surface area contributed by atoms with Crippen molar-refractivity contribution in [1.82, 2.24) is 0 Å². The maximum atomic E-state index is 13.3. The van der Waals surface area contributed by atoms with E-state index in [1.807, 2.05) is 97.1 Å². The molecule has 0 saturated heterocycles. The fourth-order valence-corrected chi connectivity index (χ4v) is 5.23. The molecule has 6 nitrogen and oxygen atoms in total. The highest BCUT2D eigenvalue weighted by molar-refractivity contribution is 5.88. The highest BCUT2D eigenvalue weighted by Crippen LogP contribution is 2.53. The molecule has 4 aromatic carbocycles. The first kappa shape index (κ1) is 26.0. The first-order valence-corrected chi connectivity index (χ1v) is 12.8. The molecular formula is C33H30O6. The van der Waals surface area contributed by atoms with Crippen molar-refractivity contribution in [3.63, 3.8) is 0 Å². The molecule has 0 fully saturated rings. The van der Waals surface area contributed by atoms with Gasteiger partial charge in [0.25, 0.3) is 0 Å². The Morgan fingerprint density at radius 2 is 0.949 bits per heavy atom. The van der Waals surface area contributed by atoms with Gasteiger partial charge in [-0.2, -0.15) is 0 Å². The minimum absolute atomic E-state index is 0.00875. The van der Waals surface area contributed by atoms with Crippen molar-refractivity contribution in [3.05, 3.63) is 119 Å². The topological polar surface area (TPSA) is 71.1 Å². The van der Waals surface area contributed by atoms with E-state index in [1.165, 1.54) is 0 Å². The Kier molecular flexibility index (Phi) is 7.64. The van der Waals surface area contributed by atoms with Gasteiger partial charge in [-0.15, -0.1) is 0 Å². The van der Waals surface area contributed by atoms with Crippen molar-refractivity contribution >= 4 is 11.9 Å². The third kappa shape index (κ3) is 5.50. The van der Waals surface area contributed by atoms with Crippen molar-refractivity contribution in [3.8, 4) is 22.6 Å². The number of ether oxygens (including phenoxy) is 4. The molecule has 6 heteroatoms. The lowest BCUT2D eigenvalue weighted by Gasteiger charge is -2.30. The monoisotopic (exact) mass is 522 g/mol. The Balaban J connectivity index is 1.39. The Morgan fingerprint density at radius 1 is 0.564 bits per heavy atom. The van der Waals surface area contributed by atoms with E-state index in [9.17, 15) is 9.59 Å². The van der Waals surface area contributed by atoms with Crippen LogP contribution < -0.4 is 9.47 Å². The number of benzene rings is 4. The smallest absolute Gasteiger partial charge is 0.307 e. The van der Waals surface area contributed by atoms with E-state index in [0.717, 1.165) is 44.9 Å². The molecule has 1 aliphatic carbocycles. The standard InChI is InChI=1S/C33H30O6/c1-36-25-15-11-23(12-16-25)21-38-31(34)19-33(20-32(35)39-22-24-13-17-26(37-2)18-14-24)29-9-5-3-7-27(29)28-8-4-6-10-30(28)33/h3-18H,19-22H2,1-2H3. The lowest BCUT2D eigenvalue weighted by atomic mass is 9.73. The maximum Gasteiger partial charge on any atom is 0.307 e. The second kappa shape index (κ2) is 11.4. The van der Waals surface area contributed by atoms with Gasteiger partial charge in [-0.25, -0.2) is 0 Å². The molecule has 0 heterocycles. The SMILES string of the molecule is COc1ccc(COC(=O)CC2(CC(=O)OCc3ccc(OC)cc3)c3ccccc3-c3ccccc32)cc1. The van der Waals surface area contributed by atoms with Gasteiger partial charge in [0, 0.05) is 5.41 Å². The van der Waals surface area contributed by atoms with E-state index in [4.69, 9.17) is 18.9 Å². The summed E-state index contributed by atoms with van der Waals surface area (Å²) in [5.41, 5.74) is 4.68. The van der Waals surface area contributed by atoms with E-state index < -0.39 is 5.41 Å². The molecule has 198 valence electrons. The maximum absolute atomic E-state index is 13.3. The van der Waals surface area contributed by atoms with Gasteiger partial charge in [-0.05, 0) is 57.6 Å². The fraction of sp³-hybridized carbons (Fsp3) is 0.212.